The highest BCUT2D eigenvalue weighted by molar-refractivity contribution is 5.84. The molecule has 0 aromatic rings. The highest BCUT2D eigenvalue weighted by Crippen LogP contribution is 2.00. The lowest BCUT2D eigenvalue weighted by Crippen LogP contribution is -2.36. The lowest BCUT2D eigenvalue weighted by molar-refractivity contribution is -0.147. The molecule has 1 aliphatic heterocycles. The van der Waals surface area contributed by atoms with Gasteiger partial charge in [-0.1, -0.05) is 0 Å². The van der Waals surface area contributed by atoms with Crippen molar-refractivity contribution in [2.75, 3.05) is 13.6 Å². The van der Waals surface area contributed by atoms with E-state index in [-0.39, 0.29) is 12.5 Å². The molecule has 11 heavy (non-hydrogen) atoms. The van der Waals surface area contributed by atoms with Gasteiger partial charge in [0.15, 0.2) is 12.2 Å². The van der Waals surface area contributed by atoms with Crippen LogP contribution in [0.3, 0.4) is 0 Å². The highest BCUT2D eigenvalue weighted by atomic mass is 16.6. The van der Waals surface area contributed by atoms with E-state index in [9.17, 15) is 4.79 Å². The molecule has 1 unspecified atom stereocenters. The normalized spacial score (nSPS) is 25.6. The first kappa shape index (κ1) is 7.84. The summed E-state index contributed by atoms with van der Waals surface area (Å²) in [4.78, 5) is 16.3. The minimum Gasteiger partial charge on any atom is -0.439 e. The molecular weight excluding hydrogens is 146 g/mol. The van der Waals surface area contributed by atoms with Gasteiger partial charge in [0.2, 0.25) is 0 Å². The molecule has 1 aliphatic rings. The average Bonchev–Trinajstić information content (AvgIpc) is 1.93. The number of likely N-dealkylation sites (N-methyl/N-ethyl adjacent to an activating group) is 1. The Kier molecular flexibility index (Phi) is 1.98. The molecule has 0 saturated heterocycles. The van der Waals surface area contributed by atoms with Crippen LogP contribution in [0, 0.1) is 0 Å². The van der Waals surface area contributed by atoms with Gasteiger partial charge in [-0.15, -0.1) is 0 Å². The molecule has 0 amide bonds. The standard InChI is InChI=1S/C6H11N3O2/c1-4-8-6(7)9(2)3-5(10)11-4/h4H,3H2,1-2H3,(H2,7,8). The summed E-state index contributed by atoms with van der Waals surface area (Å²) in [6, 6.07) is 0. The zero-order valence-electron chi connectivity index (χ0n) is 6.57. The fourth-order valence-electron chi connectivity index (χ4n) is 0.813. The number of hydrogen-bond donors (Lipinski definition) is 1. The molecule has 0 spiro atoms. The van der Waals surface area contributed by atoms with Gasteiger partial charge in [-0.2, -0.15) is 0 Å². The first-order valence-electron chi connectivity index (χ1n) is 3.33. The van der Waals surface area contributed by atoms with E-state index in [1.54, 1.807) is 18.9 Å². The van der Waals surface area contributed by atoms with Crippen LogP contribution in [-0.4, -0.2) is 36.6 Å². The third-order valence-electron chi connectivity index (χ3n) is 1.37. The first-order valence-corrected chi connectivity index (χ1v) is 3.33. The van der Waals surface area contributed by atoms with Crippen molar-refractivity contribution >= 4 is 11.9 Å². The maximum Gasteiger partial charge on any atom is 0.327 e. The minimum absolute atomic E-state index is 0.166. The fourth-order valence-corrected chi connectivity index (χ4v) is 0.813. The van der Waals surface area contributed by atoms with Crippen molar-refractivity contribution < 1.29 is 9.53 Å². The fraction of sp³-hybridized carbons (Fsp3) is 0.667. The number of hydrogen-bond acceptors (Lipinski definition) is 5. The van der Waals surface area contributed by atoms with Crippen LogP contribution in [-0.2, 0) is 9.53 Å². The molecule has 5 heteroatoms. The van der Waals surface area contributed by atoms with E-state index >= 15 is 0 Å². The van der Waals surface area contributed by atoms with Crippen LogP contribution in [0.1, 0.15) is 6.92 Å². The molecule has 0 aromatic heterocycles. The zero-order valence-corrected chi connectivity index (χ0v) is 6.57. The van der Waals surface area contributed by atoms with Crippen LogP contribution >= 0.6 is 0 Å². The molecule has 1 atom stereocenters. The second-order valence-electron chi connectivity index (χ2n) is 2.43. The molecule has 1 rings (SSSR count). The van der Waals surface area contributed by atoms with Crippen molar-refractivity contribution in [3.05, 3.63) is 0 Å². The Morgan fingerprint density at radius 1 is 1.82 bits per heavy atom. The molecular formula is C6H11N3O2. The number of aliphatic imine (C=N–C) groups is 1. The van der Waals surface area contributed by atoms with Gasteiger partial charge in [0.25, 0.3) is 0 Å². The Balaban J connectivity index is 2.75. The molecule has 0 saturated carbocycles. The number of nitrogens with zero attached hydrogens (tertiary/aromatic N) is 2. The van der Waals surface area contributed by atoms with Crippen molar-refractivity contribution in [3.63, 3.8) is 0 Å². The summed E-state index contributed by atoms with van der Waals surface area (Å²) < 4.78 is 4.80. The third kappa shape index (κ3) is 1.83. The van der Waals surface area contributed by atoms with Crippen molar-refractivity contribution in [2.45, 2.75) is 13.2 Å². The predicted octanol–water partition coefficient (Wildman–Crippen LogP) is -0.864. The van der Waals surface area contributed by atoms with Gasteiger partial charge in [-0.3, -0.25) is 4.79 Å². The summed E-state index contributed by atoms with van der Waals surface area (Å²) in [5.41, 5.74) is 5.47. The molecule has 0 aromatic carbocycles. The summed E-state index contributed by atoms with van der Waals surface area (Å²) >= 11 is 0. The van der Waals surface area contributed by atoms with E-state index < -0.39 is 6.23 Å². The molecule has 0 aliphatic carbocycles. The van der Waals surface area contributed by atoms with Gasteiger partial charge in [0, 0.05) is 7.05 Å². The number of carbonyl (C=O) groups excluding carboxylic acids is 1. The summed E-state index contributed by atoms with van der Waals surface area (Å²) in [5, 5.41) is 0. The SMILES string of the molecule is CC1N=C(N)N(C)CC(=O)O1. The number of ether oxygens (including phenoxy) is 1. The highest BCUT2D eigenvalue weighted by Gasteiger charge is 2.17. The van der Waals surface area contributed by atoms with Crippen LogP contribution < -0.4 is 5.73 Å². The van der Waals surface area contributed by atoms with Crippen molar-refractivity contribution in [1.29, 1.82) is 0 Å². The Hall–Kier alpha value is -1.26. The minimum atomic E-state index is -0.465. The summed E-state index contributed by atoms with van der Waals surface area (Å²) in [7, 11) is 1.69. The largest absolute Gasteiger partial charge is 0.439 e. The lowest BCUT2D eigenvalue weighted by atomic mass is 10.6. The van der Waals surface area contributed by atoms with Crippen LogP contribution in [0.25, 0.3) is 0 Å². The average molecular weight is 157 g/mol. The number of esters is 1. The van der Waals surface area contributed by atoms with Gasteiger partial charge >= 0.3 is 5.97 Å². The van der Waals surface area contributed by atoms with Gasteiger partial charge in [-0.25, -0.2) is 4.99 Å². The molecule has 5 nitrogen and oxygen atoms in total. The maximum atomic E-state index is 10.9. The Morgan fingerprint density at radius 2 is 2.45 bits per heavy atom. The van der Waals surface area contributed by atoms with Crippen molar-refractivity contribution in [2.24, 2.45) is 10.7 Å². The van der Waals surface area contributed by atoms with E-state index in [1.807, 2.05) is 0 Å². The third-order valence-corrected chi connectivity index (χ3v) is 1.37. The molecule has 2 N–H and O–H groups in total. The second-order valence-corrected chi connectivity index (χ2v) is 2.43. The smallest absolute Gasteiger partial charge is 0.327 e. The van der Waals surface area contributed by atoms with Gasteiger partial charge in [0.1, 0.15) is 6.54 Å². The second kappa shape index (κ2) is 2.77. The zero-order chi connectivity index (χ0) is 8.43. The van der Waals surface area contributed by atoms with Crippen LogP contribution in [0.2, 0.25) is 0 Å². The summed E-state index contributed by atoms with van der Waals surface area (Å²) in [5.74, 6) is 0.0348. The number of cyclic esters (lactones) is 1. The summed E-state index contributed by atoms with van der Waals surface area (Å²) in [6.45, 7) is 1.84. The number of nitrogens with two attached hydrogens (primary N) is 1. The topological polar surface area (TPSA) is 67.9 Å². The van der Waals surface area contributed by atoms with E-state index in [1.165, 1.54) is 0 Å². The monoisotopic (exact) mass is 157 g/mol. The van der Waals surface area contributed by atoms with Crippen LogP contribution in [0.15, 0.2) is 4.99 Å². The molecule has 0 bridgehead atoms. The predicted molar refractivity (Wildman–Crippen MR) is 39.8 cm³/mol. The number of rotatable bonds is 0. The van der Waals surface area contributed by atoms with E-state index in [4.69, 9.17) is 10.5 Å². The Bertz CT molecular complexity index is 202. The van der Waals surface area contributed by atoms with E-state index in [0.29, 0.717) is 5.96 Å². The maximum absolute atomic E-state index is 10.9. The van der Waals surface area contributed by atoms with Gasteiger partial charge in [0.05, 0.1) is 0 Å². The molecule has 62 valence electrons. The number of carbonyl (C=O) groups is 1. The van der Waals surface area contributed by atoms with Crippen molar-refractivity contribution in [1.82, 2.24) is 4.90 Å². The van der Waals surface area contributed by atoms with Crippen LogP contribution in [0.5, 0.6) is 0 Å². The quantitative estimate of drug-likeness (QED) is 0.464. The Morgan fingerprint density at radius 3 is 3.09 bits per heavy atom. The van der Waals surface area contributed by atoms with Gasteiger partial charge in [-0.05, 0) is 6.92 Å². The lowest BCUT2D eigenvalue weighted by Gasteiger charge is -2.11. The van der Waals surface area contributed by atoms with E-state index in [0.717, 1.165) is 0 Å². The van der Waals surface area contributed by atoms with Crippen LogP contribution in [0.4, 0.5) is 0 Å². The Labute approximate surface area is 64.8 Å². The molecule has 1 heterocycles. The number of guanidine groups is 1. The first-order chi connectivity index (χ1) is 5.09. The van der Waals surface area contributed by atoms with Gasteiger partial charge < -0.3 is 15.4 Å². The van der Waals surface area contributed by atoms with Crippen molar-refractivity contribution in [3.8, 4) is 0 Å². The van der Waals surface area contributed by atoms with E-state index in [2.05, 4.69) is 4.99 Å². The molecule has 0 radical (unpaired) electrons. The molecule has 0 fully saturated rings. The summed E-state index contributed by atoms with van der Waals surface area (Å²) in [6.07, 6.45) is -0.465.